The molecule has 2 aromatic rings. The fourth-order valence-electron chi connectivity index (χ4n) is 3.20. The Hall–Kier alpha value is -2.56. The fourth-order valence-corrected chi connectivity index (χ4v) is 3.20. The lowest BCUT2D eigenvalue weighted by Gasteiger charge is -2.19. The summed E-state index contributed by atoms with van der Waals surface area (Å²) < 4.78 is 5.85. The van der Waals surface area contributed by atoms with Gasteiger partial charge in [0, 0.05) is 11.4 Å². The molecule has 0 bridgehead atoms. The minimum Gasteiger partial charge on any atom is -0.481 e. The van der Waals surface area contributed by atoms with Crippen LogP contribution in [-0.4, -0.2) is 29.1 Å². The molecule has 3 atom stereocenters. The molecule has 5 heteroatoms. The van der Waals surface area contributed by atoms with Gasteiger partial charge in [0.25, 0.3) is 5.91 Å². The van der Waals surface area contributed by atoms with Crippen molar-refractivity contribution in [3.63, 3.8) is 0 Å². The van der Waals surface area contributed by atoms with Crippen LogP contribution in [0.4, 0.5) is 0 Å². The minimum atomic E-state index is -0.785. The van der Waals surface area contributed by atoms with Crippen LogP contribution in [0.3, 0.4) is 0 Å². The van der Waals surface area contributed by atoms with Crippen molar-refractivity contribution < 1.29 is 19.4 Å². The molecule has 2 N–H and O–H groups in total. The summed E-state index contributed by atoms with van der Waals surface area (Å²) in [4.78, 5) is 23.3. The van der Waals surface area contributed by atoms with E-state index in [1.54, 1.807) is 6.92 Å². The molecule has 1 aliphatic rings. The molecule has 0 aromatic heterocycles. The number of carbonyl (C=O) groups excluding carboxylic acids is 1. The van der Waals surface area contributed by atoms with Gasteiger partial charge in [-0.25, -0.2) is 0 Å². The summed E-state index contributed by atoms with van der Waals surface area (Å²) in [6.07, 6.45) is 1.16. The average Bonchev–Trinajstić information content (AvgIpc) is 3.04. The number of fused-ring (bicyclic) bond motifs is 1. The third kappa shape index (κ3) is 3.50. The lowest BCUT2D eigenvalue weighted by Crippen LogP contribution is -2.41. The van der Waals surface area contributed by atoms with Gasteiger partial charge >= 0.3 is 5.97 Å². The van der Waals surface area contributed by atoms with Gasteiger partial charge < -0.3 is 15.2 Å². The molecule has 5 nitrogen and oxygen atoms in total. The third-order valence-electron chi connectivity index (χ3n) is 4.55. The monoisotopic (exact) mass is 327 g/mol. The summed E-state index contributed by atoms with van der Waals surface area (Å²) in [6, 6.07) is 13.5. The zero-order chi connectivity index (χ0) is 17.1. The average molecular weight is 327 g/mol. The van der Waals surface area contributed by atoms with Crippen molar-refractivity contribution in [1.82, 2.24) is 5.32 Å². The lowest BCUT2D eigenvalue weighted by molar-refractivity contribution is -0.141. The molecule has 1 unspecified atom stereocenters. The molecule has 1 aliphatic carbocycles. The second-order valence-corrected chi connectivity index (χ2v) is 6.29. The van der Waals surface area contributed by atoms with Crippen molar-refractivity contribution in [1.29, 1.82) is 0 Å². The SMILES string of the molecule is CC(Oc1cccc2ccccc12)C(=O)N[C@H]1CC[C@@H](C(=O)O)C1. The van der Waals surface area contributed by atoms with Crippen LogP contribution in [0, 0.1) is 5.92 Å². The van der Waals surface area contributed by atoms with Crippen LogP contribution in [0.25, 0.3) is 10.8 Å². The Morgan fingerprint density at radius 1 is 1.17 bits per heavy atom. The Bertz CT molecular complexity index is 753. The number of ether oxygens (including phenoxy) is 1. The van der Waals surface area contributed by atoms with Gasteiger partial charge in [0.05, 0.1) is 5.92 Å². The van der Waals surface area contributed by atoms with Gasteiger partial charge in [-0.3, -0.25) is 9.59 Å². The van der Waals surface area contributed by atoms with E-state index < -0.39 is 12.1 Å². The molecule has 1 fully saturated rings. The van der Waals surface area contributed by atoms with Crippen molar-refractivity contribution in [2.45, 2.75) is 38.3 Å². The maximum atomic E-state index is 12.3. The Balaban J connectivity index is 1.63. The van der Waals surface area contributed by atoms with E-state index in [2.05, 4.69) is 5.32 Å². The molecular weight excluding hydrogens is 306 g/mol. The maximum Gasteiger partial charge on any atom is 0.306 e. The molecule has 0 radical (unpaired) electrons. The predicted molar refractivity (Wildman–Crippen MR) is 90.9 cm³/mol. The van der Waals surface area contributed by atoms with Gasteiger partial charge in [0.1, 0.15) is 5.75 Å². The molecule has 24 heavy (non-hydrogen) atoms. The highest BCUT2D eigenvalue weighted by atomic mass is 16.5. The number of rotatable bonds is 5. The van der Waals surface area contributed by atoms with Gasteiger partial charge in [0.15, 0.2) is 6.10 Å². The number of nitrogens with one attached hydrogen (secondary N) is 1. The molecular formula is C19H21NO4. The summed E-state index contributed by atoms with van der Waals surface area (Å²) in [6.45, 7) is 1.71. The van der Waals surface area contributed by atoms with E-state index in [-0.39, 0.29) is 17.9 Å². The zero-order valence-corrected chi connectivity index (χ0v) is 13.6. The number of amides is 1. The molecule has 2 aromatic carbocycles. The van der Waals surface area contributed by atoms with Crippen LogP contribution in [0.15, 0.2) is 42.5 Å². The smallest absolute Gasteiger partial charge is 0.306 e. The quantitative estimate of drug-likeness (QED) is 0.885. The van der Waals surface area contributed by atoms with Gasteiger partial charge in [-0.2, -0.15) is 0 Å². The first-order valence-corrected chi connectivity index (χ1v) is 8.22. The van der Waals surface area contributed by atoms with E-state index in [1.807, 2.05) is 42.5 Å². The van der Waals surface area contributed by atoms with Crippen molar-refractivity contribution >= 4 is 22.6 Å². The number of carbonyl (C=O) groups is 2. The maximum absolute atomic E-state index is 12.3. The molecule has 0 heterocycles. The summed E-state index contributed by atoms with van der Waals surface area (Å²) >= 11 is 0. The first-order chi connectivity index (χ1) is 11.5. The second-order valence-electron chi connectivity index (χ2n) is 6.29. The van der Waals surface area contributed by atoms with E-state index in [1.165, 1.54) is 0 Å². The first kappa shape index (κ1) is 16.3. The summed E-state index contributed by atoms with van der Waals surface area (Å²) in [7, 11) is 0. The Kier molecular flexibility index (Phi) is 4.69. The van der Waals surface area contributed by atoms with E-state index in [9.17, 15) is 9.59 Å². The molecule has 0 spiro atoms. The van der Waals surface area contributed by atoms with E-state index in [0.717, 1.165) is 10.8 Å². The van der Waals surface area contributed by atoms with Crippen LogP contribution in [-0.2, 0) is 9.59 Å². The van der Waals surface area contributed by atoms with Crippen LogP contribution >= 0.6 is 0 Å². The fraction of sp³-hybridized carbons (Fsp3) is 0.368. The van der Waals surface area contributed by atoms with Crippen LogP contribution in [0.5, 0.6) is 5.75 Å². The molecule has 126 valence electrons. The number of carboxylic acid groups (broad SMARTS) is 1. The molecule has 0 saturated heterocycles. The second kappa shape index (κ2) is 6.91. The number of aliphatic carboxylic acids is 1. The number of hydrogen-bond acceptors (Lipinski definition) is 3. The standard InChI is InChI=1S/C19H21NO4/c1-12(18(21)20-15-10-9-14(11-15)19(22)23)24-17-8-4-6-13-5-2-3-7-16(13)17/h2-8,12,14-15H,9-11H2,1H3,(H,20,21)(H,22,23)/t12?,14-,15+/m1/s1. The number of hydrogen-bond donors (Lipinski definition) is 2. The summed E-state index contributed by atoms with van der Waals surface area (Å²) in [5.41, 5.74) is 0. The number of carboxylic acids is 1. The van der Waals surface area contributed by atoms with Crippen molar-refractivity contribution in [2.24, 2.45) is 5.92 Å². The molecule has 0 aliphatic heterocycles. The minimum absolute atomic E-state index is 0.0860. The Labute approximate surface area is 140 Å². The highest BCUT2D eigenvalue weighted by Gasteiger charge is 2.31. The molecule has 1 amide bonds. The zero-order valence-electron chi connectivity index (χ0n) is 13.6. The first-order valence-electron chi connectivity index (χ1n) is 8.22. The normalized spacial score (nSPS) is 21.4. The Morgan fingerprint density at radius 2 is 1.92 bits per heavy atom. The van der Waals surface area contributed by atoms with E-state index in [4.69, 9.17) is 9.84 Å². The van der Waals surface area contributed by atoms with Crippen molar-refractivity contribution in [3.8, 4) is 5.75 Å². The lowest BCUT2D eigenvalue weighted by atomic mass is 10.1. The third-order valence-corrected chi connectivity index (χ3v) is 4.55. The van der Waals surface area contributed by atoms with Crippen molar-refractivity contribution in [3.05, 3.63) is 42.5 Å². The van der Waals surface area contributed by atoms with Gasteiger partial charge in [-0.1, -0.05) is 36.4 Å². The van der Waals surface area contributed by atoms with Gasteiger partial charge in [-0.05, 0) is 37.6 Å². The van der Waals surface area contributed by atoms with E-state index >= 15 is 0 Å². The van der Waals surface area contributed by atoms with Gasteiger partial charge in [-0.15, -0.1) is 0 Å². The van der Waals surface area contributed by atoms with Crippen LogP contribution in [0.2, 0.25) is 0 Å². The van der Waals surface area contributed by atoms with Crippen molar-refractivity contribution in [2.75, 3.05) is 0 Å². The molecule has 1 saturated carbocycles. The van der Waals surface area contributed by atoms with Crippen LogP contribution in [0.1, 0.15) is 26.2 Å². The topological polar surface area (TPSA) is 75.6 Å². The summed E-state index contributed by atoms with van der Waals surface area (Å²) in [5, 5.41) is 14.0. The van der Waals surface area contributed by atoms with Crippen LogP contribution < -0.4 is 10.1 Å². The predicted octanol–water partition coefficient (Wildman–Crippen LogP) is 2.98. The number of benzene rings is 2. The van der Waals surface area contributed by atoms with E-state index in [0.29, 0.717) is 25.0 Å². The molecule has 3 rings (SSSR count). The largest absolute Gasteiger partial charge is 0.481 e. The highest BCUT2D eigenvalue weighted by Crippen LogP contribution is 2.27. The Morgan fingerprint density at radius 3 is 2.67 bits per heavy atom. The summed E-state index contributed by atoms with van der Waals surface area (Å²) in [5.74, 6) is -0.680. The van der Waals surface area contributed by atoms with Gasteiger partial charge in [0.2, 0.25) is 0 Å². The highest BCUT2D eigenvalue weighted by molar-refractivity contribution is 5.89.